The van der Waals surface area contributed by atoms with Gasteiger partial charge in [0.15, 0.2) is 0 Å². The molecule has 1 rings (SSSR count). The van der Waals surface area contributed by atoms with Crippen LogP contribution in [0.2, 0.25) is 0 Å². The Morgan fingerprint density at radius 2 is 2.00 bits per heavy atom. The van der Waals surface area contributed by atoms with E-state index >= 15 is 0 Å². The third-order valence-electron chi connectivity index (χ3n) is 2.38. The van der Waals surface area contributed by atoms with Crippen molar-refractivity contribution in [1.82, 2.24) is 0 Å². The lowest BCUT2D eigenvalue weighted by Gasteiger charge is -2.23. The van der Waals surface area contributed by atoms with Crippen molar-refractivity contribution in [1.29, 1.82) is 5.26 Å². The maximum atomic E-state index is 10.5. The molecule has 0 saturated heterocycles. The van der Waals surface area contributed by atoms with E-state index in [-0.39, 0.29) is 0 Å². The second kappa shape index (κ2) is 6.62. The van der Waals surface area contributed by atoms with E-state index in [0.717, 1.165) is 31.5 Å². The van der Waals surface area contributed by atoms with Gasteiger partial charge in [-0.15, -0.1) is 0 Å². The molecule has 84 valence electrons. The molecule has 0 N–H and O–H groups in total. The van der Waals surface area contributed by atoms with Crippen molar-refractivity contribution in [3.05, 3.63) is 29.8 Å². The van der Waals surface area contributed by atoms with Crippen LogP contribution in [-0.2, 0) is 0 Å². The lowest BCUT2D eigenvalue weighted by Crippen LogP contribution is -2.24. The summed E-state index contributed by atoms with van der Waals surface area (Å²) in [7, 11) is 0. The summed E-state index contributed by atoms with van der Waals surface area (Å²) in [4.78, 5) is 12.7. The first-order valence-corrected chi connectivity index (χ1v) is 5.49. The van der Waals surface area contributed by atoms with E-state index in [1.807, 2.05) is 12.1 Å². The van der Waals surface area contributed by atoms with Gasteiger partial charge in [0.1, 0.15) is 6.29 Å². The van der Waals surface area contributed by atoms with Crippen molar-refractivity contribution >= 4 is 12.0 Å². The van der Waals surface area contributed by atoms with Crippen LogP contribution in [0.5, 0.6) is 0 Å². The van der Waals surface area contributed by atoms with Crippen LogP contribution >= 0.6 is 0 Å². The Bertz CT molecular complexity index is 365. The van der Waals surface area contributed by atoms with Gasteiger partial charge in [-0.2, -0.15) is 5.26 Å². The number of carbonyl (C=O) groups is 1. The second-order valence-electron chi connectivity index (χ2n) is 3.60. The first kappa shape index (κ1) is 12.3. The molecule has 1 aromatic carbocycles. The fourth-order valence-electron chi connectivity index (χ4n) is 1.59. The third kappa shape index (κ3) is 3.39. The van der Waals surface area contributed by atoms with Crippen LogP contribution in [0.3, 0.4) is 0 Å². The zero-order valence-electron chi connectivity index (χ0n) is 9.52. The number of rotatable bonds is 6. The first-order valence-electron chi connectivity index (χ1n) is 5.49. The maximum absolute atomic E-state index is 10.5. The number of aldehydes is 1. The van der Waals surface area contributed by atoms with Crippen molar-refractivity contribution in [2.24, 2.45) is 0 Å². The first-order chi connectivity index (χ1) is 7.81. The molecular formula is C13H16N2O. The quantitative estimate of drug-likeness (QED) is 0.686. The summed E-state index contributed by atoms with van der Waals surface area (Å²) < 4.78 is 0. The predicted molar refractivity (Wildman–Crippen MR) is 64.6 cm³/mol. The zero-order valence-corrected chi connectivity index (χ0v) is 9.52. The van der Waals surface area contributed by atoms with Gasteiger partial charge in [-0.1, -0.05) is 6.92 Å². The van der Waals surface area contributed by atoms with Gasteiger partial charge in [-0.25, -0.2) is 0 Å². The zero-order chi connectivity index (χ0) is 11.8. The van der Waals surface area contributed by atoms with E-state index in [9.17, 15) is 4.79 Å². The number of nitrogens with zero attached hydrogens (tertiary/aromatic N) is 2. The van der Waals surface area contributed by atoms with Crippen molar-refractivity contribution in [2.75, 3.05) is 18.0 Å². The van der Waals surface area contributed by atoms with Crippen molar-refractivity contribution in [2.45, 2.75) is 19.8 Å². The van der Waals surface area contributed by atoms with Crippen molar-refractivity contribution in [3.63, 3.8) is 0 Å². The molecule has 0 radical (unpaired) electrons. The fraction of sp³-hybridized carbons (Fsp3) is 0.385. The third-order valence-corrected chi connectivity index (χ3v) is 2.38. The number of hydrogen-bond donors (Lipinski definition) is 0. The summed E-state index contributed by atoms with van der Waals surface area (Å²) in [6, 6.07) is 9.61. The normalized spacial score (nSPS) is 9.50. The molecule has 3 heteroatoms. The summed E-state index contributed by atoms with van der Waals surface area (Å²) in [5.74, 6) is 0. The lowest BCUT2D eigenvalue weighted by molar-refractivity contribution is 0.112. The Balaban J connectivity index is 2.75. The van der Waals surface area contributed by atoms with Gasteiger partial charge in [0.25, 0.3) is 0 Å². The molecule has 0 unspecified atom stereocenters. The average Bonchev–Trinajstić information content (AvgIpc) is 2.35. The van der Waals surface area contributed by atoms with Crippen LogP contribution in [0, 0.1) is 11.3 Å². The topological polar surface area (TPSA) is 44.1 Å². The number of anilines is 1. The monoisotopic (exact) mass is 216 g/mol. The maximum Gasteiger partial charge on any atom is 0.150 e. The highest BCUT2D eigenvalue weighted by atomic mass is 16.1. The van der Waals surface area contributed by atoms with E-state index in [2.05, 4.69) is 17.9 Å². The van der Waals surface area contributed by atoms with E-state index in [1.165, 1.54) is 0 Å². The van der Waals surface area contributed by atoms with Crippen LogP contribution in [-0.4, -0.2) is 19.4 Å². The number of nitriles is 1. The van der Waals surface area contributed by atoms with E-state index < -0.39 is 0 Å². The summed E-state index contributed by atoms with van der Waals surface area (Å²) >= 11 is 0. The van der Waals surface area contributed by atoms with E-state index in [4.69, 9.17) is 5.26 Å². The minimum atomic E-state index is 0.523. The Kier molecular flexibility index (Phi) is 5.07. The molecular weight excluding hydrogens is 200 g/mol. The fourth-order valence-corrected chi connectivity index (χ4v) is 1.59. The van der Waals surface area contributed by atoms with Crippen LogP contribution in [0.1, 0.15) is 30.1 Å². The van der Waals surface area contributed by atoms with Gasteiger partial charge in [0.05, 0.1) is 12.5 Å². The molecule has 0 spiro atoms. The van der Waals surface area contributed by atoms with Gasteiger partial charge in [-0.05, 0) is 30.7 Å². The Hall–Kier alpha value is -1.82. The Morgan fingerprint density at radius 3 is 2.50 bits per heavy atom. The number of hydrogen-bond acceptors (Lipinski definition) is 3. The highest BCUT2D eigenvalue weighted by Gasteiger charge is 2.04. The number of carbonyl (C=O) groups excluding carboxylic acids is 1. The van der Waals surface area contributed by atoms with Gasteiger partial charge < -0.3 is 4.90 Å². The van der Waals surface area contributed by atoms with Gasteiger partial charge in [0.2, 0.25) is 0 Å². The van der Waals surface area contributed by atoms with Crippen molar-refractivity contribution < 1.29 is 4.79 Å². The minimum absolute atomic E-state index is 0.523. The van der Waals surface area contributed by atoms with E-state index in [1.54, 1.807) is 12.1 Å². The smallest absolute Gasteiger partial charge is 0.150 e. The molecule has 0 atom stereocenters. The van der Waals surface area contributed by atoms with Crippen LogP contribution in [0.4, 0.5) is 5.69 Å². The van der Waals surface area contributed by atoms with E-state index in [0.29, 0.717) is 12.0 Å². The molecule has 0 aliphatic rings. The lowest BCUT2D eigenvalue weighted by atomic mass is 10.2. The molecule has 0 fully saturated rings. The Labute approximate surface area is 96.3 Å². The molecule has 0 aliphatic carbocycles. The molecule has 3 nitrogen and oxygen atoms in total. The van der Waals surface area contributed by atoms with Gasteiger partial charge >= 0.3 is 0 Å². The molecule has 16 heavy (non-hydrogen) atoms. The van der Waals surface area contributed by atoms with Crippen LogP contribution in [0.15, 0.2) is 24.3 Å². The number of benzene rings is 1. The van der Waals surface area contributed by atoms with Gasteiger partial charge in [-0.3, -0.25) is 4.79 Å². The van der Waals surface area contributed by atoms with Crippen molar-refractivity contribution in [3.8, 4) is 6.07 Å². The molecule has 0 saturated carbocycles. The molecule has 0 aromatic heterocycles. The summed E-state index contributed by atoms with van der Waals surface area (Å²) in [5, 5.41) is 8.59. The second-order valence-corrected chi connectivity index (χ2v) is 3.60. The summed E-state index contributed by atoms with van der Waals surface area (Å²) in [6.45, 7) is 3.78. The molecule has 1 aromatic rings. The largest absolute Gasteiger partial charge is 0.371 e. The summed E-state index contributed by atoms with van der Waals surface area (Å²) in [6.07, 6.45) is 2.40. The molecule has 0 heterocycles. The summed E-state index contributed by atoms with van der Waals surface area (Å²) in [5.41, 5.74) is 1.75. The standard InChI is InChI=1S/C13H16N2O/c1-2-9-15(10-3-8-14)13-6-4-12(11-16)5-7-13/h4-7,11H,2-3,9-10H2,1H3. The predicted octanol–water partition coefficient (Wildman–Crippen LogP) is 2.63. The molecule has 0 aliphatic heterocycles. The van der Waals surface area contributed by atoms with Crippen LogP contribution in [0.25, 0.3) is 0 Å². The highest BCUT2D eigenvalue weighted by molar-refractivity contribution is 5.75. The SMILES string of the molecule is CCCN(CCC#N)c1ccc(C=O)cc1. The van der Waals surface area contributed by atoms with Gasteiger partial charge in [0, 0.05) is 24.3 Å². The molecule has 0 amide bonds. The average molecular weight is 216 g/mol. The minimum Gasteiger partial charge on any atom is -0.371 e. The highest BCUT2D eigenvalue weighted by Crippen LogP contribution is 2.15. The van der Waals surface area contributed by atoms with Crippen LogP contribution < -0.4 is 4.90 Å². The Morgan fingerprint density at radius 1 is 1.31 bits per heavy atom. The molecule has 0 bridgehead atoms.